The number of allylic oxidation sites excluding steroid dienone is 3. The van der Waals surface area contributed by atoms with Gasteiger partial charge in [0.2, 0.25) is 0 Å². The van der Waals surface area contributed by atoms with Crippen LogP contribution in [0.5, 0.6) is 17.2 Å². The minimum atomic E-state index is -0.334. The van der Waals surface area contributed by atoms with Gasteiger partial charge < -0.3 is 15.3 Å². The van der Waals surface area contributed by atoms with Crippen molar-refractivity contribution in [1.29, 1.82) is 0 Å². The van der Waals surface area contributed by atoms with Crippen LogP contribution in [0.25, 0.3) is 6.08 Å². The van der Waals surface area contributed by atoms with Crippen LogP contribution in [0, 0.1) is 0 Å². The first-order chi connectivity index (χ1) is 11.4. The van der Waals surface area contributed by atoms with Gasteiger partial charge in [-0.25, -0.2) is 0 Å². The van der Waals surface area contributed by atoms with Gasteiger partial charge in [-0.05, 0) is 55.7 Å². The fourth-order valence-corrected chi connectivity index (χ4v) is 2.17. The van der Waals surface area contributed by atoms with E-state index in [1.54, 1.807) is 24.3 Å². The quantitative estimate of drug-likeness (QED) is 0.333. The summed E-state index contributed by atoms with van der Waals surface area (Å²) in [5.41, 5.74) is 2.63. The lowest BCUT2D eigenvalue weighted by molar-refractivity contribution is 0.104. The lowest BCUT2D eigenvalue weighted by Crippen LogP contribution is -1.97. The van der Waals surface area contributed by atoms with Crippen molar-refractivity contribution >= 4 is 11.9 Å². The van der Waals surface area contributed by atoms with E-state index in [1.165, 1.54) is 24.3 Å². The molecule has 3 N–H and O–H groups in total. The summed E-state index contributed by atoms with van der Waals surface area (Å²) in [5.74, 6) is -0.823. The predicted octanol–water partition coefficient (Wildman–Crippen LogP) is 4.21. The predicted molar refractivity (Wildman–Crippen MR) is 94.4 cm³/mol. The second-order valence-corrected chi connectivity index (χ2v) is 5.74. The third-order valence-electron chi connectivity index (χ3n) is 3.54. The largest absolute Gasteiger partial charge is 0.507 e. The normalized spacial score (nSPS) is 10.8. The number of ketones is 1. The summed E-state index contributed by atoms with van der Waals surface area (Å²) in [6.45, 7) is 3.95. The highest BCUT2D eigenvalue weighted by atomic mass is 16.3. The molecule has 0 bridgehead atoms. The van der Waals surface area contributed by atoms with Gasteiger partial charge in [0.15, 0.2) is 17.3 Å². The van der Waals surface area contributed by atoms with Crippen LogP contribution < -0.4 is 0 Å². The Bertz CT molecular complexity index is 812. The molecule has 24 heavy (non-hydrogen) atoms. The van der Waals surface area contributed by atoms with E-state index in [0.717, 1.165) is 5.57 Å². The summed E-state index contributed by atoms with van der Waals surface area (Å²) in [7, 11) is 0. The third-order valence-corrected chi connectivity index (χ3v) is 3.54. The molecule has 4 nitrogen and oxygen atoms in total. The smallest absolute Gasteiger partial charge is 0.189 e. The van der Waals surface area contributed by atoms with E-state index < -0.39 is 0 Å². The van der Waals surface area contributed by atoms with E-state index in [1.807, 2.05) is 19.9 Å². The minimum absolute atomic E-state index is 0.0156. The van der Waals surface area contributed by atoms with Crippen molar-refractivity contribution in [3.8, 4) is 17.2 Å². The van der Waals surface area contributed by atoms with Gasteiger partial charge in [-0.1, -0.05) is 35.9 Å². The number of aromatic hydroxyl groups is 3. The molecule has 0 amide bonds. The summed E-state index contributed by atoms with van der Waals surface area (Å²) in [6.07, 6.45) is 5.39. The van der Waals surface area contributed by atoms with Crippen molar-refractivity contribution in [3.63, 3.8) is 0 Å². The molecule has 124 valence electrons. The number of para-hydroxylation sites is 1. The molecule has 0 fully saturated rings. The van der Waals surface area contributed by atoms with Crippen LogP contribution in [0.15, 0.2) is 54.1 Å². The highest BCUT2D eigenvalue weighted by Gasteiger charge is 2.11. The summed E-state index contributed by atoms with van der Waals surface area (Å²) < 4.78 is 0. The summed E-state index contributed by atoms with van der Waals surface area (Å²) >= 11 is 0. The van der Waals surface area contributed by atoms with E-state index in [9.17, 15) is 20.1 Å². The van der Waals surface area contributed by atoms with Gasteiger partial charge >= 0.3 is 0 Å². The number of hydrogen-bond donors (Lipinski definition) is 3. The topological polar surface area (TPSA) is 77.8 Å². The standard InChI is InChI=1S/C20H20O4/c1-13(2)6-9-15-4-3-5-16(20(15)24)17(21)10-7-14-8-11-18(22)19(23)12-14/h3-8,10-12,22-24H,9H2,1-2H3/b10-7+. The van der Waals surface area contributed by atoms with Gasteiger partial charge in [0.1, 0.15) is 5.75 Å². The average Bonchev–Trinajstić information content (AvgIpc) is 2.54. The molecule has 2 rings (SSSR count). The Hall–Kier alpha value is -3.01. The summed E-state index contributed by atoms with van der Waals surface area (Å²) in [6, 6.07) is 9.36. The van der Waals surface area contributed by atoms with Crippen molar-refractivity contribution in [2.75, 3.05) is 0 Å². The molecule has 0 radical (unpaired) electrons. The second-order valence-electron chi connectivity index (χ2n) is 5.74. The van der Waals surface area contributed by atoms with Crippen LogP contribution in [0.2, 0.25) is 0 Å². The van der Waals surface area contributed by atoms with Crippen LogP contribution in [0.4, 0.5) is 0 Å². The van der Waals surface area contributed by atoms with Gasteiger partial charge in [-0.2, -0.15) is 0 Å². The van der Waals surface area contributed by atoms with Crippen LogP contribution in [-0.2, 0) is 6.42 Å². The van der Waals surface area contributed by atoms with Crippen LogP contribution in [0.3, 0.4) is 0 Å². The van der Waals surface area contributed by atoms with Gasteiger partial charge in [0.05, 0.1) is 5.56 Å². The maximum atomic E-state index is 12.3. The van der Waals surface area contributed by atoms with E-state index >= 15 is 0 Å². The number of carbonyl (C=O) groups excluding carboxylic acids is 1. The average molecular weight is 324 g/mol. The first-order valence-corrected chi connectivity index (χ1v) is 7.57. The fraction of sp³-hybridized carbons (Fsp3) is 0.150. The Morgan fingerprint density at radius 3 is 2.46 bits per heavy atom. The lowest BCUT2D eigenvalue weighted by Gasteiger charge is -2.06. The van der Waals surface area contributed by atoms with Crippen molar-refractivity contribution in [3.05, 3.63) is 70.8 Å². The van der Waals surface area contributed by atoms with E-state index in [4.69, 9.17) is 0 Å². The number of rotatable bonds is 5. The number of carbonyl (C=O) groups is 1. The molecule has 0 aliphatic carbocycles. The Kier molecular flexibility index (Phi) is 5.42. The zero-order chi connectivity index (χ0) is 17.7. The molecule has 0 aliphatic heterocycles. The molecule has 0 aliphatic rings. The maximum Gasteiger partial charge on any atom is 0.189 e. The summed E-state index contributed by atoms with van der Waals surface area (Å²) in [4.78, 5) is 12.3. The summed E-state index contributed by atoms with van der Waals surface area (Å²) in [5, 5.41) is 29.0. The van der Waals surface area contributed by atoms with E-state index in [-0.39, 0.29) is 28.6 Å². The Morgan fingerprint density at radius 1 is 1.04 bits per heavy atom. The molecule has 0 saturated carbocycles. The highest BCUT2D eigenvalue weighted by Crippen LogP contribution is 2.27. The molecular formula is C20H20O4. The van der Waals surface area contributed by atoms with Gasteiger partial charge in [-0.15, -0.1) is 0 Å². The van der Waals surface area contributed by atoms with E-state index in [0.29, 0.717) is 17.5 Å². The highest BCUT2D eigenvalue weighted by molar-refractivity contribution is 6.08. The number of phenols is 3. The molecule has 0 saturated heterocycles. The van der Waals surface area contributed by atoms with E-state index in [2.05, 4.69) is 0 Å². The Morgan fingerprint density at radius 2 is 1.79 bits per heavy atom. The number of hydrogen-bond acceptors (Lipinski definition) is 4. The maximum absolute atomic E-state index is 12.3. The zero-order valence-electron chi connectivity index (χ0n) is 13.7. The van der Waals surface area contributed by atoms with Crippen LogP contribution >= 0.6 is 0 Å². The molecule has 0 aromatic heterocycles. The Labute approximate surface area is 141 Å². The number of benzene rings is 2. The molecule has 0 unspecified atom stereocenters. The molecule has 0 atom stereocenters. The first kappa shape index (κ1) is 17.3. The second kappa shape index (κ2) is 7.51. The molecular weight excluding hydrogens is 304 g/mol. The van der Waals surface area contributed by atoms with Crippen molar-refractivity contribution < 1.29 is 20.1 Å². The molecule has 0 heterocycles. The first-order valence-electron chi connectivity index (χ1n) is 7.57. The van der Waals surface area contributed by atoms with Crippen LogP contribution in [-0.4, -0.2) is 21.1 Å². The number of phenolic OH excluding ortho intramolecular Hbond substituents is 3. The lowest BCUT2D eigenvalue weighted by atomic mass is 10.0. The Balaban J connectivity index is 2.23. The molecule has 0 spiro atoms. The van der Waals surface area contributed by atoms with Gasteiger partial charge in [-0.3, -0.25) is 4.79 Å². The molecule has 2 aromatic rings. The van der Waals surface area contributed by atoms with Crippen molar-refractivity contribution in [1.82, 2.24) is 0 Å². The third kappa shape index (κ3) is 4.26. The van der Waals surface area contributed by atoms with Crippen molar-refractivity contribution in [2.24, 2.45) is 0 Å². The molecule has 4 heteroatoms. The monoisotopic (exact) mass is 324 g/mol. The van der Waals surface area contributed by atoms with Crippen molar-refractivity contribution in [2.45, 2.75) is 20.3 Å². The molecule has 2 aromatic carbocycles. The minimum Gasteiger partial charge on any atom is -0.507 e. The van der Waals surface area contributed by atoms with Crippen LogP contribution in [0.1, 0.15) is 35.3 Å². The SMILES string of the molecule is CC(C)=CCc1cccc(C(=O)/C=C/c2ccc(O)c(O)c2)c1O. The zero-order valence-corrected chi connectivity index (χ0v) is 13.7. The van der Waals surface area contributed by atoms with Gasteiger partial charge in [0.25, 0.3) is 0 Å². The van der Waals surface area contributed by atoms with Gasteiger partial charge in [0, 0.05) is 0 Å². The fourth-order valence-electron chi connectivity index (χ4n) is 2.17.